The van der Waals surface area contributed by atoms with Gasteiger partial charge in [0.2, 0.25) is 5.43 Å². The van der Waals surface area contributed by atoms with Crippen molar-refractivity contribution in [1.29, 1.82) is 0 Å². The standard InChI is InChI=1S/C21H20ClN3O4/c1-4-29-18-10-7-15(12-19(18)28-3)23-21(27)20-17(26)11-13(2)25(24-20)16-8-5-14(22)6-9-16/h5-12H,4H2,1-3H3,(H,23,27). The van der Waals surface area contributed by atoms with Gasteiger partial charge in [-0.1, -0.05) is 11.6 Å². The van der Waals surface area contributed by atoms with E-state index in [-0.39, 0.29) is 5.69 Å². The average Bonchev–Trinajstić information content (AvgIpc) is 2.70. The van der Waals surface area contributed by atoms with Crippen LogP contribution in [0.2, 0.25) is 5.02 Å². The van der Waals surface area contributed by atoms with Crippen LogP contribution in [-0.2, 0) is 0 Å². The number of anilines is 1. The van der Waals surface area contributed by atoms with Gasteiger partial charge in [0.05, 0.1) is 19.4 Å². The van der Waals surface area contributed by atoms with Crippen molar-refractivity contribution in [3.63, 3.8) is 0 Å². The summed E-state index contributed by atoms with van der Waals surface area (Å²) >= 11 is 5.93. The lowest BCUT2D eigenvalue weighted by molar-refractivity contribution is 0.101. The maximum Gasteiger partial charge on any atom is 0.280 e. The SMILES string of the molecule is CCOc1ccc(NC(=O)c2nn(-c3ccc(Cl)cc3)c(C)cc2=O)cc1OC. The second kappa shape index (κ2) is 8.79. The van der Waals surface area contributed by atoms with E-state index in [4.69, 9.17) is 21.1 Å². The van der Waals surface area contributed by atoms with Crippen molar-refractivity contribution in [3.8, 4) is 17.2 Å². The van der Waals surface area contributed by atoms with Gasteiger partial charge in [-0.2, -0.15) is 5.10 Å². The number of carbonyl (C=O) groups is 1. The lowest BCUT2D eigenvalue weighted by Gasteiger charge is -2.13. The number of amides is 1. The van der Waals surface area contributed by atoms with Crippen LogP contribution in [0.5, 0.6) is 11.5 Å². The Morgan fingerprint density at radius 2 is 1.86 bits per heavy atom. The fourth-order valence-corrected chi connectivity index (χ4v) is 2.88. The second-order valence-electron chi connectivity index (χ2n) is 6.14. The topological polar surface area (TPSA) is 82.5 Å². The maximum absolute atomic E-state index is 12.7. The highest BCUT2D eigenvalue weighted by Gasteiger charge is 2.16. The van der Waals surface area contributed by atoms with Crippen LogP contribution in [0.4, 0.5) is 5.69 Å². The molecule has 1 aromatic heterocycles. The van der Waals surface area contributed by atoms with Crippen LogP contribution in [-0.4, -0.2) is 29.4 Å². The zero-order chi connectivity index (χ0) is 21.0. The number of rotatable bonds is 6. The molecule has 8 heteroatoms. The molecule has 0 bridgehead atoms. The molecule has 7 nitrogen and oxygen atoms in total. The Hall–Kier alpha value is -3.32. The minimum atomic E-state index is -0.621. The van der Waals surface area contributed by atoms with Crippen molar-refractivity contribution >= 4 is 23.2 Å². The Bertz CT molecular complexity index is 1090. The van der Waals surface area contributed by atoms with E-state index >= 15 is 0 Å². The van der Waals surface area contributed by atoms with Gasteiger partial charge in [0.15, 0.2) is 17.2 Å². The monoisotopic (exact) mass is 413 g/mol. The molecular formula is C21H20ClN3O4. The Balaban J connectivity index is 1.92. The van der Waals surface area contributed by atoms with Gasteiger partial charge in [-0.05, 0) is 50.2 Å². The molecule has 0 aliphatic carbocycles. The van der Waals surface area contributed by atoms with Crippen LogP contribution in [0.1, 0.15) is 23.1 Å². The normalized spacial score (nSPS) is 10.5. The molecule has 1 N–H and O–H groups in total. The lowest BCUT2D eigenvalue weighted by atomic mass is 10.2. The molecule has 0 aliphatic rings. The number of aryl methyl sites for hydroxylation is 1. The highest BCUT2D eigenvalue weighted by Crippen LogP contribution is 2.30. The smallest absolute Gasteiger partial charge is 0.280 e. The van der Waals surface area contributed by atoms with Crippen LogP contribution in [0.25, 0.3) is 5.69 Å². The quantitative estimate of drug-likeness (QED) is 0.663. The predicted octanol–water partition coefficient (Wildman–Crippen LogP) is 3.85. The van der Waals surface area contributed by atoms with Gasteiger partial charge in [-0.3, -0.25) is 9.59 Å². The average molecular weight is 414 g/mol. The van der Waals surface area contributed by atoms with Crippen molar-refractivity contribution in [1.82, 2.24) is 9.78 Å². The lowest BCUT2D eigenvalue weighted by Crippen LogP contribution is -2.26. The summed E-state index contributed by atoms with van der Waals surface area (Å²) in [4.78, 5) is 25.1. The number of nitrogens with one attached hydrogen (secondary N) is 1. The molecule has 150 valence electrons. The van der Waals surface area contributed by atoms with E-state index in [1.165, 1.54) is 17.9 Å². The van der Waals surface area contributed by atoms with Crippen molar-refractivity contribution in [3.05, 3.63) is 75.2 Å². The van der Waals surface area contributed by atoms with Crippen LogP contribution < -0.4 is 20.2 Å². The summed E-state index contributed by atoms with van der Waals surface area (Å²) in [7, 11) is 1.51. The summed E-state index contributed by atoms with van der Waals surface area (Å²) < 4.78 is 12.3. The number of nitrogens with zero attached hydrogens (tertiary/aromatic N) is 2. The fourth-order valence-electron chi connectivity index (χ4n) is 2.76. The highest BCUT2D eigenvalue weighted by atomic mass is 35.5. The van der Waals surface area contributed by atoms with Crippen LogP contribution >= 0.6 is 11.6 Å². The van der Waals surface area contributed by atoms with Crippen LogP contribution in [0.15, 0.2) is 53.3 Å². The Kier molecular flexibility index (Phi) is 6.19. The molecule has 2 aromatic carbocycles. The number of halogens is 1. The summed E-state index contributed by atoms with van der Waals surface area (Å²) in [6, 6.07) is 13.3. The molecule has 3 rings (SSSR count). The van der Waals surface area contributed by atoms with Crippen LogP contribution in [0, 0.1) is 6.92 Å². The van der Waals surface area contributed by atoms with E-state index in [1.807, 2.05) is 6.92 Å². The summed E-state index contributed by atoms with van der Waals surface area (Å²) in [5, 5.41) is 7.51. The van der Waals surface area contributed by atoms with E-state index in [1.54, 1.807) is 49.4 Å². The second-order valence-corrected chi connectivity index (χ2v) is 6.58. The summed E-state index contributed by atoms with van der Waals surface area (Å²) in [5.74, 6) is 0.413. The maximum atomic E-state index is 12.7. The molecule has 1 heterocycles. The molecule has 0 fully saturated rings. The van der Waals surface area contributed by atoms with E-state index in [9.17, 15) is 9.59 Å². The fraction of sp³-hybridized carbons (Fsp3) is 0.190. The number of carbonyl (C=O) groups excluding carboxylic acids is 1. The number of hydrogen-bond donors (Lipinski definition) is 1. The molecule has 0 radical (unpaired) electrons. The summed E-state index contributed by atoms with van der Waals surface area (Å²) in [6.45, 7) is 4.09. The molecule has 0 saturated heterocycles. The molecule has 0 atom stereocenters. The van der Waals surface area contributed by atoms with Gasteiger partial charge in [0, 0.05) is 28.5 Å². The van der Waals surface area contributed by atoms with Gasteiger partial charge < -0.3 is 14.8 Å². The van der Waals surface area contributed by atoms with Crippen LogP contribution in [0.3, 0.4) is 0 Å². The van der Waals surface area contributed by atoms with Gasteiger partial charge in [-0.15, -0.1) is 0 Å². The van der Waals surface area contributed by atoms with Gasteiger partial charge in [0.1, 0.15) is 0 Å². The molecular weight excluding hydrogens is 394 g/mol. The Labute approximate surface area is 172 Å². The van der Waals surface area contributed by atoms with Gasteiger partial charge in [-0.25, -0.2) is 4.68 Å². The molecule has 1 amide bonds. The number of benzene rings is 2. The molecule has 0 unspecified atom stereocenters. The number of methoxy groups -OCH3 is 1. The first kappa shape index (κ1) is 20.4. The molecule has 29 heavy (non-hydrogen) atoms. The number of ether oxygens (including phenoxy) is 2. The van der Waals surface area contributed by atoms with E-state index in [2.05, 4.69) is 10.4 Å². The Morgan fingerprint density at radius 1 is 1.14 bits per heavy atom. The molecule has 3 aromatic rings. The zero-order valence-electron chi connectivity index (χ0n) is 16.2. The first-order chi connectivity index (χ1) is 13.9. The van der Waals surface area contributed by atoms with E-state index < -0.39 is 11.3 Å². The minimum absolute atomic E-state index is 0.224. The molecule has 0 spiro atoms. The van der Waals surface area contributed by atoms with Crippen molar-refractivity contribution in [2.24, 2.45) is 0 Å². The van der Waals surface area contributed by atoms with Crippen molar-refractivity contribution in [2.75, 3.05) is 19.0 Å². The van der Waals surface area contributed by atoms with Crippen molar-refractivity contribution < 1.29 is 14.3 Å². The number of hydrogen-bond acceptors (Lipinski definition) is 5. The third-order valence-electron chi connectivity index (χ3n) is 4.12. The molecule has 0 aliphatic heterocycles. The number of aromatic nitrogens is 2. The Morgan fingerprint density at radius 3 is 2.52 bits per heavy atom. The zero-order valence-corrected chi connectivity index (χ0v) is 17.0. The van der Waals surface area contributed by atoms with E-state index in [0.717, 1.165) is 0 Å². The largest absolute Gasteiger partial charge is 0.493 e. The van der Waals surface area contributed by atoms with E-state index in [0.29, 0.717) is 40.2 Å². The first-order valence-electron chi connectivity index (χ1n) is 8.92. The summed E-state index contributed by atoms with van der Waals surface area (Å²) in [5.41, 5.74) is 1.04. The predicted molar refractivity (Wildman–Crippen MR) is 112 cm³/mol. The molecule has 0 saturated carbocycles. The first-order valence-corrected chi connectivity index (χ1v) is 9.30. The third-order valence-corrected chi connectivity index (χ3v) is 4.37. The van der Waals surface area contributed by atoms with Crippen molar-refractivity contribution in [2.45, 2.75) is 13.8 Å². The summed E-state index contributed by atoms with van der Waals surface area (Å²) in [6.07, 6.45) is 0. The van der Waals surface area contributed by atoms with Gasteiger partial charge >= 0.3 is 0 Å². The van der Waals surface area contributed by atoms with Gasteiger partial charge in [0.25, 0.3) is 5.91 Å². The highest BCUT2D eigenvalue weighted by molar-refractivity contribution is 6.30. The third kappa shape index (κ3) is 4.57. The minimum Gasteiger partial charge on any atom is -0.493 e.